The van der Waals surface area contributed by atoms with Crippen LogP contribution in [0.5, 0.6) is 0 Å². The zero-order chi connectivity index (χ0) is 10.2. The molecular weight excluding hydrogens is 179 g/mol. The highest BCUT2D eigenvalue weighted by molar-refractivity contribution is 5.05. The highest BCUT2D eigenvalue weighted by atomic mass is 19.1. The van der Waals surface area contributed by atoms with E-state index in [9.17, 15) is 14.0 Å². The first-order valence-electron chi connectivity index (χ1n) is 3.62. The number of aromatic nitrogens is 2. The van der Waals surface area contributed by atoms with Gasteiger partial charge in [-0.3, -0.25) is 9.36 Å². The fourth-order valence-electron chi connectivity index (χ4n) is 0.896. The molecule has 6 heteroatoms. The molecule has 0 radical (unpaired) electrons. The summed E-state index contributed by atoms with van der Waals surface area (Å²) in [4.78, 5) is 24.0. The van der Waals surface area contributed by atoms with Crippen molar-refractivity contribution in [2.45, 2.75) is 13.0 Å². The Kier molecular flexibility index (Phi) is 2.33. The minimum Gasteiger partial charge on any atom is -0.387 e. The topological polar surface area (TPSA) is 75.1 Å². The van der Waals surface area contributed by atoms with Crippen LogP contribution in [0.2, 0.25) is 0 Å². The highest BCUT2D eigenvalue weighted by Gasteiger charge is 2.14. The summed E-state index contributed by atoms with van der Waals surface area (Å²) < 4.78 is 13.6. The first kappa shape index (κ1) is 9.66. The van der Waals surface area contributed by atoms with Crippen LogP contribution in [0.3, 0.4) is 0 Å². The number of H-pyrrole nitrogens is 1. The number of hydrogen-bond acceptors (Lipinski definition) is 3. The third-order valence-corrected chi connectivity index (χ3v) is 1.69. The van der Waals surface area contributed by atoms with Crippen molar-refractivity contribution in [1.82, 2.24) is 9.55 Å². The number of hydrogen-bond donors (Lipinski definition) is 2. The van der Waals surface area contributed by atoms with Gasteiger partial charge < -0.3 is 10.1 Å². The van der Waals surface area contributed by atoms with Crippen molar-refractivity contribution in [2.75, 3.05) is 0 Å². The van der Waals surface area contributed by atoms with Gasteiger partial charge in [-0.15, -0.1) is 0 Å². The average Bonchev–Trinajstić information content (AvgIpc) is 2.07. The van der Waals surface area contributed by atoms with E-state index in [4.69, 9.17) is 5.11 Å². The van der Waals surface area contributed by atoms with Crippen molar-refractivity contribution in [2.24, 2.45) is 7.05 Å². The molecule has 0 bridgehead atoms. The Morgan fingerprint density at radius 3 is 2.54 bits per heavy atom. The summed E-state index contributed by atoms with van der Waals surface area (Å²) in [7, 11) is 1.15. The summed E-state index contributed by atoms with van der Waals surface area (Å²) in [5.74, 6) is -1.13. The molecule has 72 valence electrons. The molecule has 1 atom stereocenters. The molecule has 1 aromatic heterocycles. The lowest BCUT2D eigenvalue weighted by atomic mass is 10.2. The predicted octanol–water partition coefficient (Wildman–Crippen LogP) is -0.734. The van der Waals surface area contributed by atoms with Crippen molar-refractivity contribution in [1.29, 1.82) is 0 Å². The molecule has 0 fully saturated rings. The lowest BCUT2D eigenvalue weighted by Crippen LogP contribution is -2.36. The van der Waals surface area contributed by atoms with E-state index in [0.717, 1.165) is 7.05 Å². The van der Waals surface area contributed by atoms with E-state index in [-0.39, 0.29) is 5.69 Å². The van der Waals surface area contributed by atoms with Crippen LogP contribution >= 0.6 is 0 Å². The molecule has 0 saturated carbocycles. The molecule has 0 spiro atoms. The van der Waals surface area contributed by atoms with Gasteiger partial charge in [-0.1, -0.05) is 0 Å². The first-order chi connectivity index (χ1) is 5.95. The maximum Gasteiger partial charge on any atom is 0.328 e. The van der Waals surface area contributed by atoms with Crippen LogP contribution in [0.4, 0.5) is 4.39 Å². The van der Waals surface area contributed by atoms with E-state index >= 15 is 0 Å². The van der Waals surface area contributed by atoms with Gasteiger partial charge in [0.15, 0.2) is 0 Å². The van der Waals surface area contributed by atoms with Gasteiger partial charge in [0.1, 0.15) is 0 Å². The van der Waals surface area contributed by atoms with Crippen molar-refractivity contribution in [3.8, 4) is 0 Å². The maximum atomic E-state index is 13.0. The summed E-state index contributed by atoms with van der Waals surface area (Å²) in [5, 5.41) is 8.99. The number of halogens is 1. The molecule has 5 nitrogen and oxygen atoms in total. The Hall–Kier alpha value is -1.43. The summed E-state index contributed by atoms with van der Waals surface area (Å²) in [6.45, 7) is 1.26. The van der Waals surface area contributed by atoms with E-state index < -0.39 is 23.2 Å². The predicted molar refractivity (Wildman–Crippen MR) is 42.9 cm³/mol. The van der Waals surface area contributed by atoms with Crippen LogP contribution in [-0.2, 0) is 7.05 Å². The van der Waals surface area contributed by atoms with Crippen molar-refractivity contribution in [3.05, 3.63) is 32.3 Å². The Bertz CT molecular complexity index is 432. The Morgan fingerprint density at radius 2 is 2.08 bits per heavy atom. The zero-order valence-electron chi connectivity index (χ0n) is 7.17. The van der Waals surface area contributed by atoms with Gasteiger partial charge >= 0.3 is 5.69 Å². The standard InChI is InChI=1S/C7H9FN2O3/c1-3(11)5-4(8)6(12)10(2)7(13)9-5/h3,11H,1-2H3,(H,9,13). The van der Waals surface area contributed by atoms with Gasteiger partial charge in [-0.2, -0.15) is 4.39 Å². The van der Waals surface area contributed by atoms with E-state index in [1.54, 1.807) is 0 Å². The molecule has 1 unspecified atom stereocenters. The fourth-order valence-corrected chi connectivity index (χ4v) is 0.896. The van der Waals surface area contributed by atoms with Crippen molar-refractivity contribution < 1.29 is 9.50 Å². The quantitative estimate of drug-likeness (QED) is 0.609. The monoisotopic (exact) mass is 188 g/mol. The molecule has 1 heterocycles. The van der Waals surface area contributed by atoms with Crippen LogP contribution in [0.25, 0.3) is 0 Å². The molecule has 1 rings (SSSR count). The zero-order valence-corrected chi connectivity index (χ0v) is 7.17. The van der Waals surface area contributed by atoms with Gasteiger partial charge in [0, 0.05) is 7.05 Å². The lowest BCUT2D eigenvalue weighted by Gasteiger charge is -2.05. The molecule has 2 N–H and O–H groups in total. The number of aromatic amines is 1. The molecular formula is C7H9FN2O3. The second kappa shape index (κ2) is 3.14. The van der Waals surface area contributed by atoms with E-state index in [2.05, 4.69) is 4.98 Å². The van der Waals surface area contributed by atoms with Crippen LogP contribution in [0.15, 0.2) is 9.59 Å². The third kappa shape index (κ3) is 1.52. The molecule has 0 saturated heterocycles. The smallest absolute Gasteiger partial charge is 0.328 e. The van der Waals surface area contributed by atoms with E-state index in [0.29, 0.717) is 4.57 Å². The SMILES string of the molecule is CC(O)c1[nH]c(=O)n(C)c(=O)c1F. The molecule has 0 aliphatic heterocycles. The number of aliphatic hydroxyl groups excluding tert-OH is 1. The number of nitrogens with zero attached hydrogens (tertiary/aromatic N) is 1. The van der Waals surface area contributed by atoms with Crippen molar-refractivity contribution >= 4 is 0 Å². The number of nitrogens with one attached hydrogen (secondary N) is 1. The second-order valence-electron chi connectivity index (χ2n) is 2.70. The van der Waals surface area contributed by atoms with Gasteiger partial charge in [-0.25, -0.2) is 4.79 Å². The summed E-state index contributed by atoms with van der Waals surface area (Å²) in [5.41, 5.74) is -2.17. The summed E-state index contributed by atoms with van der Waals surface area (Å²) in [6.07, 6.45) is -1.21. The van der Waals surface area contributed by atoms with Crippen LogP contribution in [-0.4, -0.2) is 14.7 Å². The summed E-state index contributed by atoms with van der Waals surface area (Å²) >= 11 is 0. The van der Waals surface area contributed by atoms with Crippen LogP contribution < -0.4 is 11.2 Å². The summed E-state index contributed by atoms with van der Waals surface area (Å²) in [6, 6.07) is 0. The fraction of sp³-hybridized carbons (Fsp3) is 0.429. The lowest BCUT2D eigenvalue weighted by molar-refractivity contribution is 0.187. The largest absolute Gasteiger partial charge is 0.387 e. The number of aliphatic hydroxyl groups is 1. The van der Waals surface area contributed by atoms with E-state index in [1.807, 2.05) is 0 Å². The van der Waals surface area contributed by atoms with Crippen LogP contribution in [0.1, 0.15) is 18.7 Å². The molecule has 1 aromatic rings. The molecule has 0 aromatic carbocycles. The van der Waals surface area contributed by atoms with Gasteiger partial charge in [0.2, 0.25) is 5.82 Å². The Labute approximate surface area is 72.5 Å². The Morgan fingerprint density at radius 1 is 1.54 bits per heavy atom. The number of rotatable bonds is 1. The van der Waals surface area contributed by atoms with Crippen LogP contribution in [0, 0.1) is 5.82 Å². The second-order valence-corrected chi connectivity index (χ2v) is 2.70. The van der Waals surface area contributed by atoms with Gasteiger partial charge in [0.25, 0.3) is 5.56 Å². The molecule has 0 amide bonds. The first-order valence-corrected chi connectivity index (χ1v) is 3.62. The van der Waals surface area contributed by atoms with Crippen molar-refractivity contribution in [3.63, 3.8) is 0 Å². The van der Waals surface area contributed by atoms with E-state index in [1.165, 1.54) is 6.92 Å². The average molecular weight is 188 g/mol. The third-order valence-electron chi connectivity index (χ3n) is 1.69. The minimum atomic E-state index is -1.21. The maximum absolute atomic E-state index is 13.0. The van der Waals surface area contributed by atoms with Gasteiger partial charge in [0.05, 0.1) is 11.8 Å². The normalized spacial score (nSPS) is 12.9. The highest BCUT2D eigenvalue weighted by Crippen LogP contribution is 2.07. The molecule has 0 aliphatic carbocycles. The molecule has 13 heavy (non-hydrogen) atoms. The van der Waals surface area contributed by atoms with Gasteiger partial charge in [-0.05, 0) is 6.92 Å². The molecule has 0 aliphatic rings. The minimum absolute atomic E-state index is 0.381. The Balaban J connectivity index is 3.60.